The summed E-state index contributed by atoms with van der Waals surface area (Å²) in [4.78, 5) is 22.2. The van der Waals surface area contributed by atoms with Crippen molar-refractivity contribution in [3.8, 4) is 0 Å². The molecule has 1 rings (SSSR count). The molecule has 0 saturated carbocycles. The van der Waals surface area contributed by atoms with E-state index in [1.54, 1.807) is 19.1 Å². The first-order valence-electron chi connectivity index (χ1n) is 5.81. The van der Waals surface area contributed by atoms with E-state index in [0.29, 0.717) is 6.61 Å². The predicted molar refractivity (Wildman–Crippen MR) is 66.1 cm³/mol. The lowest BCUT2D eigenvalue weighted by Gasteiger charge is -2.16. The molecular formula is C13H17NO4. The van der Waals surface area contributed by atoms with Gasteiger partial charge in [-0.15, -0.1) is 0 Å². The Bertz CT molecular complexity index is 391. The van der Waals surface area contributed by atoms with Crippen molar-refractivity contribution >= 4 is 11.9 Å². The lowest BCUT2D eigenvalue weighted by molar-refractivity contribution is -0.137. The van der Waals surface area contributed by atoms with Crippen LogP contribution in [0.4, 0.5) is 0 Å². The van der Waals surface area contributed by atoms with Gasteiger partial charge in [0.15, 0.2) is 6.10 Å². The maximum Gasteiger partial charge on any atom is 0.305 e. The summed E-state index contributed by atoms with van der Waals surface area (Å²) in [5.74, 6) is -1.26. The van der Waals surface area contributed by atoms with Crippen molar-refractivity contribution in [3.63, 3.8) is 0 Å². The van der Waals surface area contributed by atoms with Crippen LogP contribution in [-0.4, -0.2) is 30.1 Å². The normalized spacial score (nSPS) is 11.8. The number of carbonyl (C=O) groups is 2. The number of ether oxygens (including phenoxy) is 1. The van der Waals surface area contributed by atoms with Crippen molar-refractivity contribution < 1.29 is 19.4 Å². The topological polar surface area (TPSA) is 75.6 Å². The Kier molecular flexibility index (Phi) is 5.87. The molecule has 0 aliphatic heterocycles. The number of amides is 1. The van der Waals surface area contributed by atoms with E-state index < -0.39 is 12.1 Å². The first-order chi connectivity index (χ1) is 8.65. The van der Waals surface area contributed by atoms with E-state index in [1.165, 1.54) is 0 Å². The van der Waals surface area contributed by atoms with Crippen LogP contribution in [0.5, 0.6) is 0 Å². The van der Waals surface area contributed by atoms with Crippen molar-refractivity contribution in [2.45, 2.75) is 19.4 Å². The van der Waals surface area contributed by atoms with Gasteiger partial charge in [-0.25, -0.2) is 0 Å². The zero-order valence-electron chi connectivity index (χ0n) is 10.3. The standard InChI is InChI=1S/C13H17NO4/c1-2-18-12(10-6-4-3-5-7-10)13(17)14-9-8-11(15)16/h3-7,12H,2,8-9H2,1H3,(H,14,17)(H,15,16). The van der Waals surface area contributed by atoms with Crippen LogP contribution in [0.1, 0.15) is 25.0 Å². The number of rotatable bonds is 7. The van der Waals surface area contributed by atoms with E-state index in [2.05, 4.69) is 5.32 Å². The number of carbonyl (C=O) groups excluding carboxylic acids is 1. The highest BCUT2D eigenvalue weighted by atomic mass is 16.5. The molecule has 0 spiro atoms. The molecule has 18 heavy (non-hydrogen) atoms. The Morgan fingerprint density at radius 2 is 2.00 bits per heavy atom. The SMILES string of the molecule is CCOC(C(=O)NCCC(=O)O)c1ccccc1. The number of nitrogens with one attached hydrogen (secondary N) is 1. The molecule has 1 aromatic carbocycles. The second-order valence-corrected chi connectivity index (χ2v) is 3.68. The summed E-state index contributed by atoms with van der Waals surface area (Å²) in [6, 6.07) is 9.11. The minimum atomic E-state index is -0.942. The van der Waals surface area contributed by atoms with E-state index in [0.717, 1.165) is 5.56 Å². The number of hydrogen-bond acceptors (Lipinski definition) is 3. The van der Waals surface area contributed by atoms with Gasteiger partial charge in [0.05, 0.1) is 6.42 Å². The van der Waals surface area contributed by atoms with E-state index >= 15 is 0 Å². The molecule has 0 aromatic heterocycles. The molecule has 0 radical (unpaired) electrons. The third-order valence-corrected chi connectivity index (χ3v) is 2.31. The quantitative estimate of drug-likeness (QED) is 0.767. The van der Waals surface area contributed by atoms with Crippen molar-refractivity contribution in [3.05, 3.63) is 35.9 Å². The Labute approximate surface area is 106 Å². The van der Waals surface area contributed by atoms with E-state index in [-0.39, 0.29) is 18.9 Å². The molecule has 5 nitrogen and oxygen atoms in total. The lowest BCUT2D eigenvalue weighted by atomic mass is 10.1. The monoisotopic (exact) mass is 251 g/mol. The van der Waals surface area contributed by atoms with E-state index in [9.17, 15) is 9.59 Å². The minimum Gasteiger partial charge on any atom is -0.481 e. The third kappa shape index (κ3) is 4.55. The van der Waals surface area contributed by atoms with Gasteiger partial charge in [0.2, 0.25) is 0 Å². The van der Waals surface area contributed by atoms with Gasteiger partial charge in [0.1, 0.15) is 0 Å². The van der Waals surface area contributed by atoms with Gasteiger partial charge in [-0.05, 0) is 12.5 Å². The second kappa shape index (κ2) is 7.45. The van der Waals surface area contributed by atoms with Crippen LogP contribution in [0.3, 0.4) is 0 Å². The fraction of sp³-hybridized carbons (Fsp3) is 0.385. The van der Waals surface area contributed by atoms with Crippen LogP contribution in [0, 0.1) is 0 Å². The first-order valence-corrected chi connectivity index (χ1v) is 5.81. The van der Waals surface area contributed by atoms with Gasteiger partial charge in [-0.3, -0.25) is 9.59 Å². The zero-order valence-corrected chi connectivity index (χ0v) is 10.3. The number of hydrogen-bond donors (Lipinski definition) is 2. The van der Waals surface area contributed by atoms with Gasteiger partial charge in [-0.1, -0.05) is 30.3 Å². The van der Waals surface area contributed by atoms with Crippen molar-refractivity contribution in [2.24, 2.45) is 0 Å². The van der Waals surface area contributed by atoms with Crippen molar-refractivity contribution in [1.29, 1.82) is 0 Å². The Hall–Kier alpha value is -1.88. The minimum absolute atomic E-state index is 0.0978. The first kappa shape index (κ1) is 14.2. The molecule has 0 bridgehead atoms. The molecule has 0 fully saturated rings. The Morgan fingerprint density at radius 3 is 2.56 bits per heavy atom. The second-order valence-electron chi connectivity index (χ2n) is 3.68. The number of aliphatic carboxylic acids is 1. The van der Waals surface area contributed by atoms with Crippen LogP contribution in [0.15, 0.2) is 30.3 Å². The molecule has 1 atom stereocenters. The van der Waals surface area contributed by atoms with Gasteiger partial charge in [0.25, 0.3) is 5.91 Å². The average molecular weight is 251 g/mol. The van der Waals surface area contributed by atoms with Gasteiger partial charge in [-0.2, -0.15) is 0 Å². The van der Waals surface area contributed by atoms with E-state index in [4.69, 9.17) is 9.84 Å². The summed E-state index contributed by atoms with van der Waals surface area (Å²) in [7, 11) is 0. The molecule has 0 saturated heterocycles. The highest BCUT2D eigenvalue weighted by Gasteiger charge is 2.20. The summed E-state index contributed by atoms with van der Waals surface area (Å²) in [6.45, 7) is 2.32. The Morgan fingerprint density at radius 1 is 1.33 bits per heavy atom. The fourth-order valence-corrected chi connectivity index (χ4v) is 1.50. The molecule has 0 aliphatic rings. The average Bonchev–Trinajstić information content (AvgIpc) is 2.36. The maximum absolute atomic E-state index is 11.9. The fourth-order valence-electron chi connectivity index (χ4n) is 1.50. The highest BCUT2D eigenvalue weighted by molar-refractivity contribution is 5.82. The molecule has 0 heterocycles. The van der Waals surface area contributed by atoms with Crippen LogP contribution in [0.25, 0.3) is 0 Å². The molecule has 5 heteroatoms. The third-order valence-electron chi connectivity index (χ3n) is 2.31. The molecule has 1 unspecified atom stereocenters. The smallest absolute Gasteiger partial charge is 0.305 e. The summed E-state index contributed by atoms with van der Waals surface area (Å²) in [6.07, 6.45) is -0.788. The van der Waals surface area contributed by atoms with Crippen LogP contribution >= 0.6 is 0 Å². The number of carboxylic acid groups (broad SMARTS) is 1. The molecule has 98 valence electrons. The predicted octanol–water partition coefficient (Wildman–Crippen LogP) is 1.36. The maximum atomic E-state index is 11.9. The molecule has 0 aliphatic carbocycles. The van der Waals surface area contributed by atoms with Crippen LogP contribution in [0.2, 0.25) is 0 Å². The largest absolute Gasteiger partial charge is 0.481 e. The molecule has 1 amide bonds. The van der Waals surface area contributed by atoms with Crippen molar-refractivity contribution in [2.75, 3.05) is 13.2 Å². The molecule has 2 N–H and O–H groups in total. The summed E-state index contributed by atoms with van der Waals surface area (Å²) in [5, 5.41) is 11.1. The van der Waals surface area contributed by atoms with Gasteiger partial charge in [0, 0.05) is 13.2 Å². The number of carboxylic acids is 1. The molecular weight excluding hydrogens is 234 g/mol. The van der Waals surface area contributed by atoms with Crippen LogP contribution < -0.4 is 5.32 Å². The Balaban J connectivity index is 2.61. The summed E-state index contributed by atoms with van der Waals surface area (Å²) in [5.41, 5.74) is 0.757. The number of benzene rings is 1. The highest BCUT2D eigenvalue weighted by Crippen LogP contribution is 2.16. The van der Waals surface area contributed by atoms with E-state index in [1.807, 2.05) is 18.2 Å². The van der Waals surface area contributed by atoms with Gasteiger partial charge < -0.3 is 15.2 Å². The van der Waals surface area contributed by atoms with Crippen molar-refractivity contribution in [1.82, 2.24) is 5.32 Å². The van der Waals surface area contributed by atoms with Crippen LogP contribution in [-0.2, 0) is 14.3 Å². The zero-order chi connectivity index (χ0) is 13.4. The summed E-state index contributed by atoms with van der Waals surface area (Å²) >= 11 is 0. The summed E-state index contributed by atoms with van der Waals surface area (Å²) < 4.78 is 5.39. The lowest BCUT2D eigenvalue weighted by Crippen LogP contribution is -2.32. The molecule has 1 aromatic rings. The van der Waals surface area contributed by atoms with Gasteiger partial charge >= 0.3 is 5.97 Å².